The van der Waals surface area contributed by atoms with Crippen LogP contribution in [0.4, 0.5) is 0 Å². The van der Waals surface area contributed by atoms with E-state index in [4.69, 9.17) is 0 Å². The molecule has 0 unspecified atom stereocenters. The molecule has 1 amide bonds. The maximum atomic E-state index is 12.9. The number of likely N-dealkylation sites (N-methyl/N-ethyl adjacent to an activating group) is 1. The summed E-state index contributed by atoms with van der Waals surface area (Å²) >= 11 is 0. The number of nitrogens with zero attached hydrogens (tertiary/aromatic N) is 3. The number of rotatable bonds is 4. The van der Waals surface area contributed by atoms with Gasteiger partial charge in [0.2, 0.25) is 5.91 Å². The van der Waals surface area contributed by atoms with Gasteiger partial charge in [-0.3, -0.25) is 4.79 Å². The van der Waals surface area contributed by atoms with Crippen LogP contribution in [0, 0.1) is 5.41 Å². The first-order valence-corrected chi connectivity index (χ1v) is 10.7. The molecule has 0 aromatic heterocycles. The smallest absolute Gasteiger partial charge is 0.281 e. The molecule has 3 rings (SSSR count). The van der Waals surface area contributed by atoms with E-state index < -0.39 is 10.2 Å². The SMILES string of the molecule is CCN1CC2(CCN(S(=O)(=O)N(C)C)CC2)C[C@H](c2ccccc2)C1=O. The fourth-order valence-electron chi connectivity index (χ4n) is 4.29. The highest BCUT2D eigenvalue weighted by atomic mass is 32.2. The first-order valence-electron chi connectivity index (χ1n) is 9.30. The van der Waals surface area contributed by atoms with E-state index in [1.165, 1.54) is 4.31 Å². The molecule has 2 heterocycles. The number of hydrogen-bond acceptors (Lipinski definition) is 3. The van der Waals surface area contributed by atoms with Crippen molar-refractivity contribution in [3.63, 3.8) is 0 Å². The maximum absolute atomic E-state index is 12.9. The van der Waals surface area contributed by atoms with E-state index in [2.05, 4.69) is 0 Å². The minimum atomic E-state index is -3.36. The van der Waals surface area contributed by atoms with Gasteiger partial charge in [0.25, 0.3) is 10.2 Å². The fourth-order valence-corrected chi connectivity index (χ4v) is 5.39. The molecule has 7 heteroatoms. The number of amides is 1. The third-order valence-corrected chi connectivity index (χ3v) is 7.87. The highest BCUT2D eigenvalue weighted by molar-refractivity contribution is 7.86. The van der Waals surface area contributed by atoms with E-state index in [-0.39, 0.29) is 17.2 Å². The van der Waals surface area contributed by atoms with E-state index in [1.54, 1.807) is 18.4 Å². The molecule has 0 aliphatic carbocycles. The van der Waals surface area contributed by atoms with Gasteiger partial charge in [0.05, 0.1) is 5.92 Å². The number of hydrogen-bond donors (Lipinski definition) is 0. The molecule has 1 atom stereocenters. The highest BCUT2D eigenvalue weighted by Crippen LogP contribution is 2.45. The fraction of sp³-hybridized carbons (Fsp3) is 0.632. The van der Waals surface area contributed by atoms with Crippen molar-refractivity contribution in [2.75, 3.05) is 40.3 Å². The summed E-state index contributed by atoms with van der Waals surface area (Å²) in [5.41, 5.74) is 1.07. The normalized spacial score (nSPS) is 24.4. The van der Waals surface area contributed by atoms with Crippen molar-refractivity contribution in [3.05, 3.63) is 35.9 Å². The molecule has 2 aliphatic rings. The molecule has 0 bridgehead atoms. The Morgan fingerprint density at radius 3 is 2.31 bits per heavy atom. The van der Waals surface area contributed by atoms with Crippen LogP contribution in [0.3, 0.4) is 0 Å². The molecule has 2 aliphatic heterocycles. The largest absolute Gasteiger partial charge is 0.342 e. The van der Waals surface area contributed by atoms with Crippen LogP contribution in [0.5, 0.6) is 0 Å². The van der Waals surface area contributed by atoms with Gasteiger partial charge < -0.3 is 4.90 Å². The van der Waals surface area contributed by atoms with Gasteiger partial charge in [-0.25, -0.2) is 0 Å². The molecule has 0 N–H and O–H groups in total. The number of carbonyl (C=O) groups excluding carboxylic acids is 1. The molecule has 1 spiro atoms. The zero-order chi connectivity index (χ0) is 18.9. The van der Waals surface area contributed by atoms with Crippen LogP contribution in [0.2, 0.25) is 0 Å². The van der Waals surface area contributed by atoms with Crippen LogP contribution in [0.15, 0.2) is 30.3 Å². The Morgan fingerprint density at radius 1 is 1.15 bits per heavy atom. The third-order valence-electron chi connectivity index (χ3n) is 5.93. The molecule has 6 nitrogen and oxygen atoms in total. The lowest BCUT2D eigenvalue weighted by atomic mass is 9.68. The minimum absolute atomic E-state index is 0.00274. The van der Waals surface area contributed by atoms with Crippen molar-refractivity contribution in [1.29, 1.82) is 0 Å². The predicted octanol–water partition coefficient (Wildman–Crippen LogP) is 1.91. The second-order valence-electron chi connectivity index (χ2n) is 7.71. The Kier molecular flexibility index (Phi) is 5.42. The molecular weight excluding hydrogens is 350 g/mol. The quantitative estimate of drug-likeness (QED) is 0.803. The monoisotopic (exact) mass is 379 g/mol. The van der Waals surface area contributed by atoms with E-state index in [0.717, 1.165) is 31.4 Å². The summed E-state index contributed by atoms with van der Waals surface area (Å²) in [4.78, 5) is 14.9. The van der Waals surface area contributed by atoms with Gasteiger partial charge in [-0.1, -0.05) is 30.3 Å². The summed E-state index contributed by atoms with van der Waals surface area (Å²) in [5.74, 6) is 0.0783. The Balaban J connectivity index is 1.81. The van der Waals surface area contributed by atoms with Gasteiger partial charge in [-0.2, -0.15) is 17.0 Å². The standard InChI is InChI=1S/C19H29N3O3S/c1-4-21-15-19(10-12-22(13-11-19)26(24,25)20(2)3)14-17(18(21)23)16-8-6-5-7-9-16/h5-9,17H,4,10-15H2,1-3H3/t17-/m1/s1. The summed E-state index contributed by atoms with van der Waals surface area (Å²) < 4.78 is 27.7. The predicted molar refractivity (Wildman–Crippen MR) is 102 cm³/mol. The number of piperidine rings is 2. The van der Waals surface area contributed by atoms with E-state index >= 15 is 0 Å². The number of likely N-dealkylation sites (tertiary alicyclic amines) is 1. The van der Waals surface area contributed by atoms with Crippen molar-refractivity contribution in [1.82, 2.24) is 13.5 Å². The molecule has 26 heavy (non-hydrogen) atoms. The molecule has 2 fully saturated rings. The minimum Gasteiger partial charge on any atom is -0.342 e. The van der Waals surface area contributed by atoms with Crippen LogP contribution >= 0.6 is 0 Å². The molecule has 144 valence electrons. The highest BCUT2D eigenvalue weighted by Gasteiger charge is 2.47. The molecule has 2 saturated heterocycles. The Morgan fingerprint density at radius 2 is 1.77 bits per heavy atom. The van der Waals surface area contributed by atoms with Crippen LogP contribution in [0.25, 0.3) is 0 Å². The first kappa shape index (κ1) is 19.3. The summed E-state index contributed by atoms with van der Waals surface area (Å²) in [6, 6.07) is 9.98. The van der Waals surface area contributed by atoms with Gasteiger partial charge in [-0.15, -0.1) is 0 Å². The van der Waals surface area contributed by atoms with Crippen molar-refractivity contribution in [2.45, 2.75) is 32.1 Å². The van der Waals surface area contributed by atoms with Crippen molar-refractivity contribution >= 4 is 16.1 Å². The molecule has 1 aromatic rings. The summed E-state index contributed by atoms with van der Waals surface area (Å²) in [6.07, 6.45) is 2.41. The van der Waals surface area contributed by atoms with E-state index in [1.807, 2.05) is 42.2 Å². The molecule has 0 radical (unpaired) electrons. The maximum Gasteiger partial charge on any atom is 0.281 e. The van der Waals surface area contributed by atoms with Gasteiger partial charge in [-0.05, 0) is 37.2 Å². The molecular formula is C19H29N3O3S. The summed E-state index contributed by atoms with van der Waals surface area (Å²) in [6.45, 7) is 4.50. The Labute approximate surface area is 157 Å². The topological polar surface area (TPSA) is 60.9 Å². The van der Waals surface area contributed by atoms with Crippen LogP contribution in [-0.4, -0.2) is 68.1 Å². The van der Waals surface area contributed by atoms with Gasteiger partial charge in [0.15, 0.2) is 0 Å². The van der Waals surface area contributed by atoms with Crippen LogP contribution in [-0.2, 0) is 15.0 Å². The Bertz CT molecular complexity index is 741. The molecule has 1 aromatic carbocycles. The van der Waals surface area contributed by atoms with Crippen molar-refractivity contribution < 1.29 is 13.2 Å². The van der Waals surface area contributed by atoms with Gasteiger partial charge in [0, 0.05) is 40.3 Å². The molecule has 0 saturated carbocycles. The van der Waals surface area contributed by atoms with Gasteiger partial charge in [0.1, 0.15) is 0 Å². The second kappa shape index (κ2) is 7.29. The van der Waals surface area contributed by atoms with Gasteiger partial charge >= 0.3 is 0 Å². The lowest BCUT2D eigenvalue weighted by Gasteiger charge is -2.49. The zero-order valence-corrected chi connectivity index (χ0v) is 16.7. The van der Waals surface area contributed by atoms with E-state index in [9.17, 15) is 13.2 Å². The van der Waals surface area contributed by atoms with Crippen LogP contribution in [0.1, 0.15) is 37.7 Å². The third kappa shape index (κ3) is 3.52. The Hall–Kier alpha value is -1.44. The van der Waals surface area contributed by atoms with Crippen molar-refractivity contribution in [2.24, 2.45) is 5.41 Å². The number of carbonyl (C=O) groups is 1. The summed E-state index contributed by atoms with van der Waals surface area (Å²) in [7, 11) is -0.219. The number of benzene rings is 1. The average molecular weight is 380 g/mol. The van der Waals surface area contributed by atoms with Crippen molar-refractivity contribution in [3.8, 4) is 0 Å². The lowest BCUT2D eigenvalue weighted by Crippen LogP contribution is -2.55. The summed E-state index contributed by atoms with van der Waals surface area (Å²) in [5, 5.41) is 0. The second-order valence-corrected chi connectivity index (χ2v) is 9.85. The zero-order valence-electron chi connectivity index (χ0n) is 15.9. The van der Waals surface area contributed by atoms with E-state index in [0.29, 0.717) is 19.6 Å². The average Bonchev–Trinajstić information content (AvgIpc) is 2.64. The van der Waals surface area contributed by atoms with Crippen LogP contribution < -0.4 is 0 Å². The lowest BCUT2D eigenvalue weighted by molar-refractivity contribution is -0.141. The first-order chi connectivity index (χ1) is 12.3.